The van der Waals surface area contributed by atoms with Crippen molar-refractivity contribution in [1.82, 2.24) is 9.97 Å². The van der Waals surface area contributed by atoms with Crippen LogP contribution in [0.3, 0.4) is 0 Å². The van der Waals surface area contributed by atoms with Crippen molar-refractivity contribution in [1.29, 1.82) is 0 Å². The second kappa shape index (κ2) is 5.67. The maximum Gasteiger partial charge on any atom is 0.267 e. The standard InChI is InChI=1S/C12H12Cl2N4O2S/c1-6-3-7(2)17-12(16-6)18-21(19,20)11-9(14)4-8(13)5-10(11)15/h3-5H,15H2,1-2H3,(H,16,17,18). The van der Waals surface area contributed by atoms with Crippen LogP contribution < -0.4 is 10.5 Å². The molecule has 6 nitrogen and oxygen atoms in total. The Labute approximate surface area is 132 Å². The molecule has 0 saturated heterocycles. The Hall–Kier alpha value is -1.57. The fourth-order valence-corrected chi connectivity index (χ4v) is 3.74. The summed E-state index contributed by atoms with van der Waals surface area (Å²) in [5.74, 6) is -0.0436. The molecule has 3 N–H and O–H groups in total. The van der Waals surface area contributed by atoms with E-state index in [1.807, 2.05) is 0 Å². The highest BCUT2D eigenvalue weighted by Crippen LogP contribution is 2.31. The first kappa shape index (κ1) is 15.8. The summed E-state index contributed by atoms with van der Waals surface area (Å²) in [6.07, 6.45) is 0. The Morgan fingerprint density at radius 3 is 2.19 bits per heavy atom. The summed E-state index contributed by atoms with van der Waals surface area (Å²) < 4.78 is 27.0. The summed E-state index contributed by atoms with van der Waals surface area (Å²) in [4.78, 5) is 7.77. The molecule has 0 radical (unpaired) electrons. The van der Waals surface area contributed by atoms with Crippen molar-refractivity contribution in [2.24, 2.45) is 0 Å². The number of nitrogens with zero attached hydrogens (tertiary/aromatic N) is 2. The van der Waals surface area contributed by atoms with Crippen LogP contribution in [0.1, 0.15) is 11.4 Å². The van der Waals surface area contributed by atoms with Crippen LogP contribution in [0.2, 0.25) is 10.0 Å². The van der Waals surface area contributed by atoms with E-state index in [-0.39, 0.29) is 26.6 Å². The number of hydrogen-bond acceptors (Lipinski definition) is 5. The van der Waals surface area contributed by atoms with Gasteiger partial charge in [0.2, 0.25) is 5.95 Å². The summed E-state index contributed by atoms with van der Waals surface area (Å²) >= 11 is 11.7. The highest BCUT2D eigenvalue weighted by atomic mass is 35.5. The van der Waals surface area contributed by atoms with Crippen molar-refractivity contribution >= 4 is 44.9 Å². The predicted molar refractivity (Wildman–Crippen MR) is 83.2 cm³/mol. The third kappa shape index (κ3) is 3.55. The Morgan fingerprint density at radius 2 is 1.67 bits per heavy atom. The first-order valence-electron chi connectivity index (χ1n) is 5.78. The number of sulfonamides is 1. The van der Waals surface area contributed by atoms with Crippen molar-refractivity contribution in [3.8, 4) is 0 Å². The van der Waals surface area contributed by atoms with Crippen LogP contribution in [-0.4, -0.2) is 18.4 Å². The number of rotatable bonds is 3. The number of nitrogens with one attached hydrogen (secondary N) is 1. The predicted octanol–water partition coefficient (Wildman–Crippen LogP) is 2.78. The zero-order valence-corrected chi connectivity index (χ0v) is 13.5. The van der Waals surface area contributed by atoms with E-state index in [2.05, 4.69) is 14.7 Å². The smallest absolute Gasteiger partial charge is 0.267 e. The van der Waals surface area contributed by atoms with E-state index in [4.69, 9.17) is 28.9 Å². The van der Waals surface area contributed by atoms with Gasteiger partial charge in [-0.15, -0.1) is 0 Å². The van der Waals surface area contributed by atoms with Gasteiger partial charge in [-0.05, 0) is 32.0 Å². The fraction of sp³-hybridized carbons (Fsp3) is 0.167. The molecule has 0 spiro atoms. The molecular weight excluding hydrogens is 335 g/mol. The molecule has 0 saturated carbocycles. The molecular formula is C12H12Cl2N4O2S. The number of aromatic nitrogens is 2. The van der Waals surface area contributed by atoms with E-state index in [0.29, 0.717) is 11.4 Å². The molecule has 0 bridgehead atoms. The third-order valence-electron chi connectivity index (χ3n) is 2.51. The van der Waals surface area contributed by atoms with E-state index >= 15 is 0 Å². The largest absolute Gasteiger partial charge is 0.398 e. The van der Waals surface area contributed by atoms with Crippen LogP contribution in [-0.2, 0) is 10.0 Å². The van der Waals surface area contributed by atoms with Crippen molar-refractivity contribution in [3.05, 3.63) is 39.6 Å². The molecule has 9 heteroatoms. The molecule has 0 aliphatic heterocycles. The van der Waals surface area contributed by atoms with Gasteiger partial charge in [0.05, 0.1) is 10.7 Å². The van der Waals surface area contributed by atoms with Gasteiger partial charge in [0, 0.05) is 16.4 Å². The number of hydrogen-bond donors (Lipinski definition) is 2. The van der Waals surface area contributed by atoms with Gasteiger partial charge in [0.15, 0.2) is 0 Å². The van der Waals surface area contributed by atoms with Crippen LogP contribution in [0.4, 0.5) is 11.6 Å². The summed E-state index contributed by atoms with van der Waals surface area (Å²) in [5, 5.41) is 0.177. The minimum Gasteiger partial charge on any atom is -0.398 e. The highest BCUT2D eigenvalue weighted by Gasteiger charge is 2.23. The lowest BCUT2D eigenvalue weighted by atomic mass is 10.3. The van der Waals surface area contributed by atoms with Gasteiger partial charge in [0.1, 0.15) is 4.90 Å². The van der Waals surface area contributed by atoms with Gasteiger partial charge in [0.25, 0.3) is 10.0 Å². The van der Waals surface area contributed by atoms with Crippen LogP contribution in [0.25, 0.3) is 0 Å². The summed E-state index contributed by atoms with van der Waals surface area (Å²) in [6, 6.07) is 4.34. The summed E-state index contributed by atoms with van der Waals surface area (Å²) in [6.45, 7) is 3.46. The van der Waals surface area contributed by atoms with Gasteiger partial charge in [-0.25, -0.2) is 23.1 Å². The first-order valence-corrected chi connectivity index (χ1v) is 8.02. The summed E-state index contributed by atoms with van der Waals surface area (Å²) in [7, 11) is -4.02. The quantitative estimate of drug-likeness (QED) is 0.832. The molecule has 0 amide bonds. The van der Waals surface area contributed by atoms with E-state index < -0.39 is 10.0 Å². The lowest BCUT2D eigenvalue weighted by molar-refractivity contribution is 0.601. The molecule has 0 aliphatic rings. The number of aryl methyl sites for hydroxylation is 2. The van der Waals surface area contributed by atoms with E-state index in [0.717, 1.165) is 0 Å². The Balaban J connectivity index is 2.48. The molecule has 0 aliphatic carbocycles. The third-order valence-corrected chi connectivity index (χ3v) is 4.59. The maximum absolute atomic E-state index is 12.4. The van der Waals surface area contributed by atoms with Gasteiger partial charge >= 0.3 is 0 Å². The van der Waals surface area contributed by atoms with Gasteiger partial charge < -0.3 is 5.73 Å². The lowest BCUT2D eigenvalue weighted by Crippen LogP contribution is -2.17. The average molecular weight is 347 g/mol. The highest BCUT2D eigenvalue weighted by molar-refractivity contribution is 7.93. The van der Waals surface area contributed by atoms with Crippen LogP contribution in [0.15, 0.2) is 23.1 Å². The van der Waals surface area contributed by atoms with Crippen LogP contribution in [0, 0.1) is 13.8 Å². The van der Waals surface area contributed by atoms with E-state index in [1.165, 1.54) is 12.1 Å². The number of benzene rings is 1. The van der Waals surface area contributed by atoms with Crippen molar-refractivity contribution in [2.75, 3.05) is 10.5 Å². The molecule has 0 atom stereocenters. The zero-order valence-electron chi connectivity index (χ0n) is 11.2. The minimum absolute atomic E-state index is 0.0436. The Morgan fingerprint density at radius 1 is 1.10 bits per heavy atom. The molecule has 1 aromatic carbocycles. The van der Waals surface area contributed by atoms with Gasteiger partial charge in [-0.3, -0.25) is 0 Å². The van der Waals surface area contributed by atoms with Crippen LogP contribution >= 0.6 is 23.2 Å². The second-order valence-corrected chi connectivity index (χ2v) is 6.85. The molecule has 0 unspecified atom stereocenters. The number of anilines is 2. The Bertz CT molecular complexity index is 766. The Kier molecular flexibility index (Phi) is 4.27. The molecule has 1 aromatic heterocycles. The van der Waals surface area contributed by atoms with E-state index in [1.54, 1.807) is 19.9 Å². The van der Waals surface area contributed by atoms with Crippen molar-refractivity contribution < 1.29 is 8.42 Å². The number of nitrogen functional groups attached to an aromatic ring is 1. The van der Waals surface area contributed by atoms with Crippen LogP contribution in [0.5, 0.6) is 0 Å². The molecule has 0 fully saturated rings. The van der Waals surface area contributed by atoms with Gasteiger partial charge in [-0.2, -0.15) is 0 Å². The average Bonchev–Trinajstić information content (AvgIpc) is 2.23. The van der Waals surface area contributed by atoms with Gasteiger partial charge in [-0.1, -0.05) is 23.2 Å². The number of nitrogens with two attached hydrogens (primary N) is 1. The first-order chi connectivity index (χ1) is 9.69. The van der Waals surface area contributed by atoms with Crippen molar-refractivity contribution in [3.63, 3.8) is 0 Å². The summed E-state index contributed by atoms with van der Waals surface area (Å²) in [5.41, 5.74) is 6.91. The molecule has 112 valence electrons. The second-order valence-electron chi connectivity index (χ2n) is 4.39. The van der Waals surface area contributed by atoms with E-state index in [9.17, 15) is 8.42 Å². The molecule has 2 aromatic rings. The lowest BCUT2D eigenvalue weighted by Gasteiger charge is -2.11. The minimum atomic E-state index is -4.02. The maximum atomic E-state index is 12.4. The molecule has 2 rings (SSSR count). The monoisotopic (exact) mass is 346 g/mol. The van der Waals surface area contributed by atoms with Crippen molar-refractivity contribution in [2.45, 2.75) is 18.7 Å². The molecule has 21 heavy (non-hydrogen) atoms. The SMILES string of the molecule is Cc1cc(C)nc(NS(=O)(=O)c2c(N)cc(Cl)cc2Cl)n1. The normalized spacial score (nSPS) is 11.4. The zero-order chi connectivity index (χ0) is 15.8. The fourth-order valence-electron chi connectivity index (χ4n) is 1.81. The molecule has 1 heterocycles. The number of halogens is 2. The topological polar surface area (TPSA) is 98.0 Å².